The van der Waals surface area contributed by atoms with Gasteiger partial charge >= 0.3 is 0 Å². The zero-order chi connectivity index (χ0) is 16.1. The highest BCUT2D eigenvalue weighted by molar-refractivity contribution is 5.71. The highest BCUT2D eigenvalue weighted by Gasteiger charge is 2.08. The summed E-state index contributed by atoms with van der Waals surface area (Å²) in [6.07, 6.45) is 0. The van der Waals surface area contributed by atoms with Gasteiger partial charge in [-0.1, -0.05) is 72.8 Å². The van der Waals surface area contributed by atoms with E-state index in [0.717, 1.165) is 0 Å². The Hall–Kier alpha value is -2.38. The van der Waals surface area contributed by atoms with Crippen molar-refractivity contribution in [2.24, 2.45) is 0 Å². The largest absolute Gasteiger partial charge is 0.372 e. The SMILES string of the molecule is Cc1cccc(-c2ccccc2COCc2ccccc2)c1C. The Kier molecular flexibility index (Phi) is 4.89. The molecule has 0 aliphatic carbocycles. The maximum Gasteiger partial charge on any atom is 0.0727 e. The molecule has 116 valence electrons. The molecule has 0 fully saturated rings. The quantitative estimate of drug-likeness (QED) is 0.588. The smallest absolute Gasteiger partial charge is 0.0727 e. The molecule has 0 saturated carbocycles. The summed E-state index contributed by atoms with van der Waals surface area (Å²) in [7, 11) is 0. The second-order valence-electron chi connectivity index (χ2n) is 5.88. The van der Waals surface area contributed by atoms with Gasteiger partial charge in [0.1, 0.15) is 0 Å². The summed E-state index contributed by atoms with van der Waals surface area (Å²) in [5.41, 5.74) is 7.66. The number of rotatable bonds is 5. The number of hydrogen-bond acceptors (Lipinski definition) is 1. The van der Waals surface area contributed by atoms with Crippen LogP contribution in [0.25, 0.3) is 11.1 Å². The monoisotopic (exact) mass is 302 g/mol. The Morgan fingerprint density at radius 3 is 2.17 bits per heavy atom. The van der Waals surface area contributed by atoms with Crippen LogP contribution in [0.15, 0.2) is 72.8 Å². The molecule has 0 aliphatic rings. The van der Waals surface area contributed by atoms with Crippen molar-refractivity contribution in [2.45, 2.75) is 27.1 Å². The molecule has 23 heavy (non-hydrogen) atoms. The minimum atomic E-state index is 0.623. The summed E-state index contributed by atoms with van der Waals surface area (Å²) >= 11 is 0. The van der Waals surface area contributed by atoms with Crippen molar-refractivity contribution in [3.63, 3.8) is 0 Å². The average Bonchev–Trinajstić information content (AvgIpc) is 2.59. The second kappa shape index (κ2) is 7.26. The van der Waals surface area contributed by atoms with Gasteiger partial charge in [-0.3, -0.25) is 0 Å². The molecule has 0 atom stereocenters. The maximum atomic E-state index is 5.94. The molecule has 0 radical (unpaired) electrons. The minimum absolute atomic E-state index is 0.623. The average molecular weight is 302 g/mol. The van der Waals surface area contributed by atoms with Crippen LogP contribution in [0.4, 0.5) is 0 Å². The Bertz CT molecular complexity index is 775. The van der Waals surface area contributed by atoms with Crippen LogP contribution in [0.2, 0.25) is 0 Å². The molecule has 0 saturated heterocycles. The molecule has 0 N–H and O–H groups in total. The summed E-state index contributed by atoms with van der Waals surface area (Å²) in [5, 5.41) is 0. The molecule has 0 unspecified atom stereocenters. The highest BCUT2D eigenvalue weighted by atomic mass is 16.5. The van der Waals surface area contributed by atoms with Crippen LogP contribution < -0.4 is 0 Å². The van der Waals surface area contributed by atoms with Gasteiger partial charge < -0.3 is 4.74 Å². The molecule has 1 nitrogen and oxygen atoms in total. The van der Waals surface area contributed by atoms with Gasteiger partial charge in [-0.2, -0.15) is 0 Å². The first-order chi connectivity index (χ1) is 11.3. The van der Waals surface area contributed by atoms with E-state index in [1.54, 1.807) is 0 Å². The molecule has 0 aliphatic heterocycles. The van der Waals surface area contributed by atoms with Gasteiger partial charge in [-0.15, -0.1) is 0 Å². The van der Waals surface area contributed by atoms with E-state index < -0.39 is 0 Å². The number of benzene rings is 3. The van der Waals surface area contributed by atoms with Crippen molar-refractivity contribution in [1.29, 1.82) is 0 Å². The fourth-order valence-electron chi connectivity index (χ4n) is 2.80. The molecular weight excluding hydrogens is 280 g/mol. The molecule has 3 aromatic carbocycles. The third kappa shape index (κ3) is 3.69. The molecule has 1 heteroatoms. The molecule has 0 spiro atoms. The van der Waals surface area contributed by atoms with E-state index in [1.807, 2.05) is 18.2 Å². The summed E-state index contributed by atoms with van der Waals surface area (Å²) in [6, 6.07) is 25.3. The Balaban J connectivity index is 1.80. The van der Waals surface area contributed by atoms with Crippen LogP contribution in [0.3, 0.4) is 0 Å². The van der Waals surface area contributed by atoms with Crippen molar-refractivity contribution in [1.82, 2.24) is 0 Å². The lowest BCUT2D eigenvalue weighted by Crippen LogP contribution is -1.97. The van der Waals surface area contributed by atoms with Crippen LogP contribution in [0.1, 0.15) is 22.3 Å². The Labute approximate surface area is 138 Å². The zero-order valence-electron chi connectivity index (χ0n) is 13.8. The molecule has 0 amide bonds. The van der Waals surface area contributed by atoms with E-state index in [4.69, 9.17) is 4.74 Å². The number of hydrogen-bond donors (Lipinski definition) is 0. The maximum absolute atomic E-state index is 5.94. The van der Waals surface area contributed by atoms with Crippen LogP contribution >= 0.6 is 0 Å². The van der Waals surface area contributed by atoms with Crippen LogP contribution in [0, 0.1) is 13.8 Å². The lowest BCUT2D eigenvalue weighted by Gasteiger charge is -2.14. The third-order valence-electron chi connectivity index (χ3n) is 4.28. The molecule has 3 aromatic rings. The third-order valence-corrected chi connectivity index (χ3v) is 4.28. The van der Waals surface area contributed by atoms with Gasteiger partial charge in [-0.25, -0.2) is 0 Å². The van der Waals surface area contributed by atoms with Gasteiger partial charge in [0, 0.05) is 0 Å². The van der Waals surface area contributed by atoms with Gasteiger partial charge in [0.2, 0.25) is 0 Å². The van der Waals surface area contributed by atoms with Gasteiger partial charge in [-0.05, 0) is 47.2 Å². The van der Waals surface area contributed by atoms with Crippen molar-refractivity contribution in [2.75, 3.05) is 0 Å². The predicted octanol–water partition coefficient (Wildman–Crippen LogP) is 5.69. The summed E-state index contributed by atoms with van der Waals surface area (Å²) in [6.45, 7) is 5.61. The standard InChI is InChI=1S/C22H22O/c1-17-9-8-14-21(18(17)2)22-13-7-6-12-20(22)16-23-15-19-10-4-3-5-11-19/h3-14H,15-16H2,1-2H3. The van der Waals surface area contributed by atoms with Crippen LogP contribution in [-0.4, -0.2) is 0 Å². The van der Waals surface area contributed by atoms with Crippen molar-refractivity contribution < 1.29 is 4.74 Å². The normalized spacial score (nSPS) is 10.7. The van der Waals surface area contributed by atoms with E-state index in [-0.39, 0.29) is 0 Å². The Morgan fingerprint density at radius 1 is 0.652 bits per heavy atom. The topological polar surface area (TPSA) is 9.23 Å². The lowest BCUT2D eigenvalue weighted by molar-refractivity contribution is 0.107. The Morgan fingerprint density at radius 2 is 1.35 bits per heavy atom. The summed E-state index contributed by atoms with van der Waals surface area (Å²) in [4.78, 5) is 0. The van der Waals surface area contributed by atoms with E-state index in [2.05, 4.69) is 68.4 Å². The fraction of sp³-hybridized carbons (Fsp3) is 0.182. The van der Waals surface area contributed by atoms with Gasteiger partial charge in [0.15, 0.2) is 0 Å². The van der Waals surface area contributed by atoms with Crippen molar-refractivity contribution in [3.05, 3.63) is 95.1 Å². The second-order valence-corrected chi connectivity index (χ2v) is 5.88. The molecule has 0 bridgehead atoms. The van der Waals surface area contributed by atoms with Crippen molar-refractivity contribution in [3.8, 4) is 11.1 Å². The number of ether oxygens (including phenoxy) is 1. The summed E-state index contributed by atoms with van der Waals surface area (Å²) < 4.78 is 5.94. The predicted molar refractivity (Wildman–Crippen MR) is 96.3 cm³/mol. The van der Waals surface area contributed by atoms with E-state index >= 15 is 0 Å². The fourth-order valence-corrected chi connectivity index (χ4v) is 2.80. The van der Waals surface area contributed by atoms with Crippen LogP contribution in [0.5, 0.6) is 0 Å². The number of aryl methyl sites for hydroxylation is 1. The minimum Gasteiger partial charge on any atom is -0.372 e. The van der Waals surface area contributed by atoms with E-state index in [9.17, 15) is 0 Å². The zero-order valence-corrected chi connectivity index (χ0v) is 13.8. The molecular formula is C22H22O. The first-order valence-corrected chi connectivity index (χ1v) is 8.02. The van der Waals surface area contributed by atoms with Gasteiger partial charge in [0.05, 0.1) is 13.2 Å². The molecule has 0 aromatic heterocycles. The first-order valence-electron chi connectivity index (χ1n) is 8.02. The van der Waals surface area contributed by atoms with E-state index in [1.165, 1.54) is 33.4 Å². The van der Waals surface area contributed by atoms with Crippen LogP contribution in [-0.2, 0) is 18.0 Å². The molecule has 3 rings (SSSR count). The summed E-state index contributed by atoms with van der Waals surface area (Å²) in [5.74, 6) is 0. The molecule has 0 heterocycles. The highest BCUT2D eigenvalue weighted by Crippen LogP contribution is 2.29. The lowest BCUT2D eigenvalue weighted by atomic mass is 9.94. The van der Waals surface area contributed by atoms with E-state index in [0.29, 0.717) is 13.2 Å². The first kappa shape index (κ1) is 15.5. The van der Waals surface area contributed by atoms with Gasteiger partial charge in [0.25, 0.3) is 0 Å². The van der Waals surface area contributed by atoms with Crippen molar-refractivity contribution >= 4 is 0 Å².